The molecule has 0 aromatic heterocycles. The molecule has 0 aliphatic carbocycles. The van der Waals surface area contributed by atoms with Crippen LogP contribution in [-0.2, 0) is 6.42 Å². The molecule has 4 heteroatoms. The molecule has 0 saturated carbocycles. The average Bonchev–Trinajstić information content (AvgIpc) is 2.48. The predicted molar refractivity (Wildman–Crippen MR) is 87.0 cm³/mol. The summed E-state index contributed by atoms with van der Waals surface area (Å²) in [6, 6.07) is 11.3. The van der Waals surface area contributed by atoms with Crippen molar-refractivity contribution < 1.29 is 4.79 Å². The molecule has 3 rings (SSSR count). The Morgan fingerprint density at radius 1 is 1.29 bits per heavy atom. The van der Waals surface area contributed by atoms with Gasteiger partial charge in [-0.05, 0) is 49.1 Å². The van der Waals surface area contributed by atoms with Crippen molar-refractivity contribution in [3.8, 4) is 0 Å². The molecule has 108 valence electrons. The molecule has 3 nitrogen and oxygen atoms in total. The van der Waals surface area contributed by atoms with Gasteiger partial charge in [-0.2, -0.15) is 0 Å². The van der Waals surface area contributed by atoms with E-state index in [1.54, 1.807) is 11.0 Å². The van der Waals surface area contributed by atoms with Gasteiger partial charge < -0.3 is 10.6 Å². The molecule has 1 aliphatic rings. The molecule has 0 spiro atoms. The third-order valence-corrected chi connectivity index (χ3v) is 4.40. The van der Waals surface area contributed by atoms with Crippen molar-refractivity contribution in [3.05, 3.63) is 58.1 Å². The van der Waals surface area contributed by atoms with Gasteiger partial charge in [-0.3, -0.25) is 4.79 Å². The highest BCUT2D eigenvalue weighted by molar-refractivity contribution is 6.35. The molecule has 2 aromatic rings. The van der Waals surface area contributed by atoms with Crippen LogP contribution in [0.2, 0.25) is 5.02 Å². The summed E-state index contributed by atoms with van der Waals surface area (Å²) < 4.78 is 0. The zero-order valence-electron chi connectivity index (χ0n) is 11.9. The number of carbonyl (C=O) groups is 1. The van der Waals surface area contributed by atoms with Gasteiger partial charge in [-0.1, -0.05) is 29.8 Å². The largest absolute Gasteiger partial charge is 0.399 e. The summed E-state index contributed by atoms with van der Waals surface area (Å²) in [6.45, 7) is 2.60. The van der Waals surface area contributed by atoms with E-state index in [1.165, 1.54) is 0 Å². The van der Waals surface area contributed by atoms with Gasteiger partial charge in [0.1, 0.15) is 0 Å². The van der Waals surface area contributed by atoms with Crippen LogP contribution in [-0.4, -0.2) is 12.5 Å². The van der Waals surface area contributed by atoms with Gasteiger partial charge in [0.25, 0.3) is 5.91 Å². The summed E-state index contributed by atoms with van der Waals surface area (Å²) in [6.07, 6.45) is 1.92. The molecule has 2 N–H and O–H groups in total. The number of anilines is 2. The summed E-state index contributed by atoms with van der Waals surface area (Å²) in [4.78, 5) is 14.6. The topological polar surface area (TPSA) is 46.3 Å². The predicted octanol–water partition coefficient (Wildman–Crippen LogP) is 3.82. The van der Waals surface area contributed by atoms with Crippen molar-refractivity contribution >= 4 is 28.9 Å². The first-order valence-electron chi connectivity index (χ1n) is 7.03. The van der Waals surface area contributed by atoms with Crippen molar-refractivity contribution in [1.29, 1.82) is 0 Å². The number of carbonyl (C=O) groups excluding carboxylic acids is 1. The van der Waals surface area contributed by atoms with E-state index in [4.69, 9.17) is 17.3 Å². The van der Waals surface area contributed by atoms with E-state index in [1.807, 2.05) is 37.3 Å². The standard InChI is InChI=1S/C17H17ClN2O/c1-11-4-2-6-14(16(11)18)17(21)20-9-3-5-12-7-8-13(19)10-15(12)20/h2,4,6-8,10H,3,5,9,19H2,1H3. The van der Waals surface area contributed by atoms with E-state index in [0.717, 1.165) is 29.7 Å². The zero-order chi connectivity index (χ0) is 15.0. The van der Waals surface area contributed by atoms with Crippen LogP contribution in [0.3, 0.4) is 0 Å². The Balaban J connectivity index is 2.04. The maximum Gasteiger partial charge on any atom is 0.259 e. The Bertz CT molecular complexity index is 712. The van der Waals surface area contributed by atoms with Gasteiger partial charge in [0.2, 0.25) is 0 Å². The molecule has 1 amide bonds. The number of nitrogen functional groups attached to an aromatic ring is 1. The molecule has 2 aromatic carbocycles. The highest BCUT2D eigenvalue weighted by Crippen LogP contribution is 2.32. The van der Waals surface area contributed by atoms with Crippen LogP contribution in [0.15, 0.2) is 36.4 Å². The van der Waals surface area contributed by atoms with E-state index >= 15 is 0 Å². The molecule has 0 bridgehead atoms. The SMILES string of the molecule is Cc1cccc(C(=O)N2CCCc3ccc(N)cc32)c1Cl. The molecular weight excluding hydrogens is 284 g/mol. The van der Waals surface area contributed by atoms with Gasteiger partial charge >= 0.3 is 0 Å². The summed E-state index contributed by atoms with van der Waals surface area (Å²) >= 11 is 6.29. The fourth-order valence-corrected chi connectivity index (χ4v) is 2.97. The minimum absolute atomic E-state index is 0.0600. The Morgan fingerprint density at radius 2 is 2.10 bits per heavy atom. The lowest BCUT2D eigenvalue weighted by molar-refractivity contribution is 0.0985. The van der Waals surface area contributed by atoms with Crippen molar-refractivity contribution in [2.24, 2.45) is 0 Å². The lowest BCUT2D eigenvalue weighted by Gasteiger charge is -2.30. The molecular formula is C17H17ClN2O. The molecule has 0 fully saturated rings. The fraction of sp³-hybridized carbons (Fsp3) is 0.235. The Kier molecular flexibility index (Phi) is 3.60. The van der Waals surface area contributed by atoms with E-state index in [9.17, 15) is 4.79 Å². The third kappa shape index (κ3) is 2.49. The van der Waals surface area contributed by atoms with E-state index in [-0.39, 0.29) is 5.91 Å². The van der Waals surface area contributed by atoms with Gasteiger partial charge in [-0.25, -0.2) is 0 Å². The Hall–Kier alpha value is -2.00. The van der Waals surface area contributed by atoms with E-state index < -0.39 is 0 Å². The minimum Gasteiger partial charge on any atom is -0.399 e. The maximum atomic E-state index is 12.8. The van der Waals surface area contributed by atoms with Crippen LogP contribution in [0, 0.1) is 6.92 Å². The van der Waals surface area contributed by atoms with Crippen molar-refractivity contribution in [2.45, 2.75) is 19.8 Å². The number of nitrogens with zero attached hydrogens (tertiary/aromatic N) is 1. The molecule has 0 saturated heterocycles. The van der Waals surface area contributed by atoms with Gasteiger partial charge in [0.05, 0.1) is 10.6 Å². The second-order valence-corrected chi connectivity index (χ2v) is 5.76. The highest BCUT2D eigenvalue weighted by Gasteiger charge is 2.25. The Labute approximate surface area is 129 Å². The van der Waals surface area contributed by atoms with Crippen LogP contribution in [0.4, 0.5) is 11.4 Å². The second kappa shape index (κ2) is 5.41. The number of halogens is 1. The lowest BCUT2D eigenvalue weighted by Crippen LogP contribution is -2.35. The number of hydrogen-bond donors (Lipinski definition) is 1. The van der Waals surface area contributed by atoms with Crippen LogP contribution < -0.4 is 10.6 Å². The zero-order valence-corrected chi connectivity index (χ0v) is 12.7. The molecule has 1 aliphatic heterocycles. The third-order valence-electron chi connectivity index (χ3n) is 3.90. The van der Waals surface area contributed by atoms with E-state index in [2.05, 4.69) is 0 Å². The summed E-state index contributed by atoms with van der Waals surface area (Å²) in [5, 5.41) is 0.526. The first-order chi connectivity index (χ1) is 10.1. The van der Waals surface area contributed by atoms with Crippen LogP contribution >= 0.6 is 11.6 Å². The molecule has 0 unspecified atom stereocenters. The number of fused-ring (bicyclic) bond motifs is 1. The van der Waals surface area contributed by atoms with Crippen LogP contribution in [0.5, 0.6) is 0 Å². The summed E-state index contributed by atoms with van der Waals surface area (Å²) in [7, 11) is 0. The number of hydrogen-bond acceptors (Lipinski definition) is 2. The summed E-state index contributed by atoms with van der Waals surface area (Å²) in [5.41, 5.74) is 10.1. The first-order valence-corrected chi connectivity index (χ1v) is 7.41. The quantitative estimate of drug-likeness (QED) is 0.814. The number of rotatable bonds is 1. The van der Waals surface area contributed by atoms with Gasteiger partial charge in [0.15, 0.2) is 0 Å². The minimum atomic E-state index is -0.0600. The maximum absolute atomic E-state index is 12.8. The normalized spacial score (nSPS) is 13.9. The first kappa shape index (κ1) is 14.0. The average molecular weight is 301 g/mol. The number of benzene rings is 2. The lowest BCUT2D eigenvalue weighted by atomic mass is 10.00. The molecule has 21 heavy (non-hydrogen) atoms. The smallest absolute Gasteiger partial charge is 0.259 e. The number of amides is 1. The molecule has 0 atom stereocenters. The second-order valence-electron chi connectivity index (χ2n) is 5.38. The Morgan fingerprint density at radius 3 is 2.90 bits per heavy atom. The van der Waals surface area contributed by atoms with Crippen LogP contribution in [0.1, 0.15) is 27.9 Å². The monoisotopic (exact) mass is 300 g/mol. The van der Waals surface area contributed by atoms with Crippen molar-refractivity contribution in [1.82, 2.24) is 0 Å². The molecule has 0 radical (unpaired) electrons. The highest BCUT2D eigenvalue weighted by atomic mass is 35.5. The van der Waals surface area contributed by atoms with Gasteiger partial charge in [-0.15, -0.1) is 0 Å². The number of nitrogens with two attached hydrogens (primary N) is 1. The van der Waals surface area contributed by atoms with Crippen LogP contribution in [0.25, 0.3) is 0 Å². The summed E-state index contributed by atoms with van der Waals surface area (Å²) in [5.74, 6) is -0.0600. The fourth-order valence-electron chi connectivity index (χ4n) is 2.76. The van der Waals surface area contributed by atoms with Crippen molar-refractivity contribution in [2.75, 3.05) is 17.2 Å². The van der Waals surface area contributed by atoms with Gasteiger partial charge in [0, 0.05) is 17.9 Å². The molecule has 1 heterocycles. The van der Waals surface area contributed by atoms with E-state index in [0.29, 0.717) is 22.8 Å². The number of aryl methyl sites for hydroxylation is 2. The van der Waals surface area contributed by atoms with Crippen molar-refractivity contribution in [3.63, 3.8) is 0 Å².